The highest BCUT2D eigenvalue weighted by Crippen LogP contribution is 2.25. The highest BCUT2D eigenvalue weighted by Gasteiger charge is 2.23. The zero-order chi connectivity index (χ0) is 21.2. The van der Waals surface area contributed by atoms with Crippen LogP contribution in [0.15, 0.2) is 72.8 Å². The maximum Gasteiger partial charge on any atom is 0.253 e. The van der Waals surface area contributed by atoms with E-state index in [-0.39, 0.29) is 17.8 Å². The molecule has 154 valence electrons. The molecule has 3 aromatic carbocycles. The molecule has 0 aliphatic carbocycles. The SMILES string of the molecule is O=C(c1ccccc1)c1ccc2nc(-c3cccc(NC(=O)[C@@H]4CCCO4)c3)[nH]c2c1. The zero-order valence-corrected chi connectivity index (χ0v) is 16.8. The van der Waals surface area contributed by atoms with Crippen LogP contribution in [0.3, 0.4) is 0 Å². The summed E-state index contributed by atoms with van der Waals surface area (Å²) in [5.41, 5.74) is 4.34. The lowest BCUT2D eigenvalue weighted by Crippen LogP contribution is -2.26. The second-order valence-corrected chi connectivity index (χ2v) is 7.58. The Bertz CT molecular complexity index is 1260. The van der Waals surface area contributed by atoms with Crippen LogP contribution >= 0.6 is 0 Å². The maximum atomic E-state index is 12.7. The number of amides is 1. The Labute approximate surface area is 179 Å². The summed E-state index contributed by atoms with van der Waals surface area (Å²) in [4.78, 5) is 33.0. The molecule has 1 fully saturated rings. The molecule has 1 aliphatic rings. The van der Waals surface area contributed by atoms with Crippen molar-refractivity contribution in [3.63, 3.8) is 0 Å². The topological polar surface area (TPSA) is 84.1 Å². The van der Waals surface area contributed by atoms with Gasteiger partial charge in [-0.3, -0.25) is 9.59 Å². The predicted molar refractivity (Wildman–Crippen MR) is 119 cm³/mol. The number of hydrogen-bond donors (Lipinski definition) is 2. The molecule has 6 heteroatoms. The number of carbonyl (C=O) groups is 2. The average Bonchev–Trinajstić information content (AvgIpc) is 3.49. The second-order valence-electron chi connectivity index (χ2n) is 7.58. The van der Waals surface area contributed by atoms with Gasteiger partial charge in [-0.25, -0.2) is 4.98 Å². The van der Waals surface area contributed by atoms with Crippen LogP contribution in [-0.2, 0) is 9.53 Å². The van der Waals surface area contributed by atoms with Gasteiger partial charge in [0.05, 0.1) is 11.0 Å². The number of benzene rings is 3. The monoisotopic (exact) mass is 411 g/mol. The molecule has 0 unspecified atom stereocenters. The van der Waals surface area contributed by atoms with Crippen LogP contribution in [0.2, 0.25) is 0 Å². The Kier molecular flexibility index (Phi) is 5.06. The first kappa shape index (κ1) is 19.2. The molecule has 0 radical (unpaired) electrons. The van der Waals surface area contributed by atoms with E-state index >= 15 is 0 Å². The fraction of sp³-hybridized carbons (Fsp3) is 0.160. The number of nitrogens with one attached hydrogen (secondary N) is 2. The standard InChI is InChI=1S/C25H21N3O3/c29-23(16-6-2-1-3-7-16)17-11-12-20-21(15-17)28-24(27-20)18-8-4-9-19(14-18)26-25(30)22-10-5-13-31-22/h1-4,6-9,11-12,14-15,22H,5,10,13H2,(H,26,30)(H,27,28)/t22-/m0/s1. The Morgan fingerprint density at radius 3 is 2.65 bits per heavy atom. The van der Waals surface area contributed by atoms with Gasteiger partial charge in [0.1, 0.15) is 11.9 Å². The van der Waals surface area contributed by atoms with E-state index in [0.717, 1.165) is 29.4 Å². The molecule has 1 saturated heterocycles. The number of ether oxygens (including phenoxy) is 1. The molecule has 6 nitrogen and oxygen atoms in total. The van der Waals surface area contributed by atoms with Crippen molar-refractivity contribution < 1.29 is 14.3 Å². The summed E-state index contributed by atoms with van der Waals surface area (Å²) in [6.07, 6.45) is 1.28. The Balaban J connectivity index is 1.40. The van der Waals surface area contributed by atoms with Gasteiger partial charge < -0.3 is 15.0 Å². The lowest BCUT2D eigenvalue weighted by molar-refractivity contribution is -0.124. The normalized spacial score (nSPS) is 15.8. The molecule has 5 rings (SSSR count). The largest absolute Gasteiger partial charge is 0.368 e. The van der Waals surface area contributed by atoms with E-state index < -0.39 is 0 Å². The number of rotatable bonds is 5. The number of hydrogen-bond acceptors (Lipinski definition) is 4. The molecule has 0 spiro atoms. The van der Waals surface area contributed by atoms with Crippen LogP contribution in [0.1, 0.15) is 28.8 Å². The van der Waals surface area contributed by atoms with Gasteiger partial charge in [-0.05, 0) is 43.2 Å². The molecule has 1 atom stereocenters. The number of H-pyrrole nitrogens is 1. The lowest BCUT2D eigenvalue weighted by Gasteiger charge is -2.11. The molecule has 0 saturated carbocycles. The van der Waals surface area contributed by atoms with Crippen LogP contribution in [0.25, 0.3) is 22.4 Å². The molecular formula is C25H21N3O3. The fourth-order valence-electron chi connectivity index (χ4n) is 3.80. The van der Waals surface area contributed by atoms with E-state index in [1.165, 1.54) is 0 Å². The Morgan fingerprint density at radius 2 is 1.84 bits per heavy atom. The number of anilines is 1. The minimum atomic E-state index is -0.379. The van der Waals surface area contributed by atoms with Gasteiger partial charge in [0.15, 0.2) is 5.78 Å². The first-order chi connectivity index (χ1) is 15.2. The summed E-state index contributed by atoms with van der Waals surface area (Å²) in [6.45, 7) is 0.631. The number of aromatic amines is 1. The van der Waals surface area contributed by atoms with Gasteiger partial charge >= 0.3 is 0 Å². The molecular weight excluding hydrogens is 390 g/mol. The van der Waals surface area contributed by atoms with Crippen LogP contribution in [0.5, 0.6) is 0 Å². The second kappa shape index (κ2) is 8.16. The molecule has 31 heavy (non-hydrogen) atoms. The Morgan fingerprint density at radius 1 is 0.968 bits per heavy atom. The van der Waals surface area contributed by atoms with Gasteiger partial charge in [-0.1, -0.05) is 42.5 Å². The zero-order valence-electron chi connectivity index (χ0n) is 16.8. The molecule has 2 heterocycles. The summed E-state index contributed by atoms with van der Waals surface area (Å²) in [6, 6.07) is 22.2. The van der Waals surface area contributed by atoms with Crippen LogP contribution in [0, 0.1) is 0 Å². The third kappa shape index (κ3) is 3.98. The van der Waals surface area contributed by atoms with Crippen molar-refractivity contribution in [2.24, 2.45) is 0 Å². The number of fused-ring (bicyclic) bond motifs is 1. The summed E-state index contributed by atoms with van der Waals surface area (Å²) < 4.78 is 5.45. The van der Waals surface area contributed by atoms with Gasteiger partial charge in [-0.15, -0.1) is 0 Å². The summed E-state index contributed by atoms with van der Waals surface area (Å²) >= 11 is 0. The first-order valence-corrected chi connectivity index (χ1v) is 10.3. The van der Waals surface area contributed by atoms with Crippen molar-refractivity contribution in [1.82, 2.24) is 9.97 Å². The fourth-order valence-corrected chi connectivity index (χ4v) is 3.80. The van der Waals surface area contributed by atoms with Crippen molar-refractivity contribution in [3.8, 4) is 11.4 Å². The molecule has 0 bridgehead atoms. The minimum absolute atomic E-state index is 0.0301. The average molecular weight is 411 g/mol. The number of imidazole rings is 1. The number of nitrogens with zero attached hydrogens (tertiary/aromatic N) is 1. The smallest absolute Gasteiger partial charge is 0.253 e. The van der Waals surface area contributed by atoms with E-state index in [9.17, 15) is 9.59 Å². The van der Waals surface area contributed by atoms with Crippen LogP contribution in [-0.4, -0.2) is 34.4 Å². The predicted octanol–water partition coefficient (Wildman–Crippen LogP) is 4.58. The number of ketones is 1. The van der Waals surface area contributed by atoms with Crippen LogP contribution < -0.4 is 5.32 Å². The molecule has 1 amide bonds. The van der Waals surface area contributed by atoms with E-state index in [2.05, 4.69) is 15.3 Å². The summed E-state index contributed by atoms with van der Waals surface area (Å²) in [7, 11) is 0. The third-order valence-electron chi connectivity index (χ3n) is 5.41. The first-order valence-electron chi connectivity index (χ1n) is 10.3. The maximum absolute atomic E-state index is 12.7. The summed E-state index contributed by atoms with van der Waals surface area (Å²) in [5.74, 6) is 0.522. The van der Waals surface area contributed by atoms with E-state index in [0.29, 0.717) is 29.2 Å². The third-order valence-corrected chi connectivity index (χ3v) is 5.41. The van der Waals surface area contributed by atoms with Gasteiger partial charge in [0.2, 0.25) is 0 Å². The Hall–Kier alpha value is -3.77. The molecule has 2 N–H and O–H groups in total. The van der Waals surface area contributed by atoms with Crippen molar-refractivity contribution >= 4 is 28.4 Å². The van der Waals surface area contributed by atoms with Gasteiger partial charge in [0.25, 0.3) is 5.91 Å². The van der Waals surface area contributed by atoms with E-state index in [4.69, 9.17) is 4.74 Å². The van der Waals surface area contributed by atoms with E-state index in [1.807, 2.05) is 54.6 Å². The highest BCUT2D eigenvalue weighted by molar-refractivity contribution is 6.10. The minimum Gasteiger partial charge on any atom is -0.368 e. The quantitative estimate of drug-likeness (QED) is 0.471. The number of aromatic nitrogens is 2. The van der Waals surface area contributed by atoms with Crippen molar-refractivity contribution in [2.75, 3.05) is 11.9 Å². The van der Waals surface area contributed by atoms with E-state index in [1.54, 1.807) is 18.2 Å². The summed E-state index contributed by atoms with van der Waals surface area (Å²) in [5, 5.41) is 2.92. The number of carbonyl (C=O) groups excluding carboxylic acids is 2. The van der Waals surface area contributed by atoms with Gasteiger partial charge in [-0.2, -0.15) is 0 Å². The highest BCUT2D eigenvalue weighted by atomic mass is 16.5. The van der Waals surface area contributed by atoms with Crippen molar-refractivity contribution in [2.45, 2.75) is 18.9 Å². The molecule has 1 aromatic heterocycles. The lowest BCUT2D eigenvalue weighted by atomic mass is 10.0. The van der Waals surface area contributed by atoms with Crippen LogP contribution in [0.4, 0.5) is 5.69 Å². The van der Waals surface area contributed by atoms with Crippen molar-refractivity contribution in [1.29, 1.82) is 0 Å². The molecule has 4 aromatic rings. The van der Waals surface area contributed by atoms with Crippen molar-refractivity contribution in [3.05, 3.63) is 83.9 Å². The van der Waals surface area contributed by atoms with Gasteiger partial charge in [0, 0.05) is 29.0 Å². The molecule has 1 aliphatic heterocycles.